The van der Waals surface area contributed by atoms with Gasteiger partial charge in [0.2, 0.25) is 0 Å². The third-order valence-electron chi connectivity index (χ3n) is 3.61. The van der Waals surface area contributed by atoms with E-state index in [0.717, 1.165) is 41.1 Å². The lowest BCUT2D eigenvalue weighted by molar-refractivity contribution is 0.0900. The number of nitrogens with zero attached hydrogens (tertiary/aromatic N) is 1. The van der Waals surface area contributed by atoms with Gasteiger partial charge in [-0.3, -0.25) is 0 Å². The molecule has 0 bridgehead atoms. The Bertz CT molecular complexity index is 572. The van der Waals surface area contributed by atoms with Crippen LogP contribution in [0.4, 0.5) is 5.13 Å². The average Bonchev–Trinajstić information content (AvgIpc) is 3.01. The lowest BCUT2D eigenvalue weighted by atomic mass is 10.00. The number of thiazole rings is 1. The number of fused-ring (bicyclic) bond motifs is 1. The molecule has 19 heavy (non-hydrogen) atoms. The Labute approximate surface area is 125 Å². The number of benzene rings is 1. The van der Waals surface area contributed by atoms with Crippen LogP contribution in [0.25, 0.3) is 10.2 Å². The van der Waals surface area contributed by atoms with Crippen molar-refractivity contribution in [1.82, 2.24) is 4.98 Å². The maximum absolute atomic E-state index is 5.71. The van der Waals surface area contributed by atoms with Crippen LogP contribution in [0.1, 0.15) is 19.8 Å². The van der Waals surface area contributed by atoms with Crippen molar-refractivity contribution in [2.75, 3.05) is 18.5 Å². The lowest BCUT2D eigenvalue weighted by Crippen LogP contribution is -2.22. The summed E-state index contributed by atoms with van der Waals surface area (Å²) in [6.07, 6.45) is 2.66. The van der Waals surface area contributed by atoms with Crippen LogP contribution in [0.5, 0.6) is 0 Å². The van der Waals surface area contributed by atoms with Crippen molar-refractivity contribution in [2.24, 2.45) is 5.92 Å². The highest BCUT2D eigenvalue weighted by Gasteiger charge is 2.26. The standard InChI is InChI=1S/C14H17BrN2OS/c1-2-12-9(5-6-18-12)8-16-14-17-11-4-3-10(15)7-13(11)19-14/h3-4,7,9,12H,2,5-6,8H2,1H3,(H,16,17). The Hall–Kier alpha value is -0.650. The van der Waals surface area contributed by atoms with Crippen molar-refractivity contribution in [3.8, 4) is 0 Å². The molecule has 1 aliphatic heterocycles. The van der Waals surface area contributed by atoms with E-state index in [4.69, 9.17) is 4.74 Å². The van der Waals surface area contributed by atoms with Gasteiger partial charge in [0.15, 0.2) is 5.13 Å². The van der Waals surface area contributed by atoms with E-state index in [0.29, 0.717) is 12.0 Å². The second-order valence-electron chi connectivity index (χ2n) is 4.88. The first-order valence-corrected chi connectivity index (χ1v) is 8.29. The van der Waals surface area contributed by atoms with E-state index in [1.807, 2.05) is 6.07 Å². The normalized spacial score (nSPS) is 23.1. The first-order chi connectivity index (χ1) is 9.26. The van der Waals surface area contributed by atoms with Gasteiger partial charge in [0.1, 0.15) is 0 Å². The Morgan fingerprint density at radius 3 is 3.26 bits per heavy atom. The summed E-state index contributed by atoms with van der Waals surface area (Å²) in [6, 6.07) is 6.20. The molecule has 1 N–H and O–H groups in total. The van der Waals surface area contributed by atoms with Crippen molar-refractivity contribution in [1.29, 1.82) is 0 Å². The highest BCUT2D eigenvalue weighted by atomic mass is 79.9. The van der Waals surface area contributed by atoms with Crippen molar-refractivity contribution in [3.63, 3.8) is 0 Å². The van der Waals surface area contributed by atoms with Crippen LogP contribution in [-0.2, 0) is 4.74 Å². The van der Waals surface area contributed by atoms with Crippen LogP contribution in [0.2, 0.25) is 0 Å². The quantitative estimate of drug-likeness (QED) is 0.901. The Morgan fingerprint density at radius 1 is 1.53 bits per heavy atom. The highest BCUT2D eigenvalue weighted by Crippen LogP contribution is 2.29. The fourth-order valence-corrected chi connectivity index (χ4v) is 3.99. The van der Waals surface area contributed by atoms with Gasteiger partial charge in [-0.2, -0.15) is 0 Å². The zero-order chi connectivity index (χ0) is 13.2. The van der Waals surface area contributed by atoms with E-state index < -0.39 is 0 Å². The molecule has 5 heteroatoms. The fraction of sp³-hybridized carbons (Fsp3) is 0.500. The summed E-state index contributed by atoms with van der Waals surface area (Å²) in [7, 11) is 0. The molecule has 1 saturated heterocycles. The molecule has 0 radical (unpaired) electrons. The summed E-state index contributed by atoms with van der Waals surface area (Å²) in [5.41, 5.74) is 1.06. The van der Waals surface area contributed by atoms with Crippen molar-refractivity contribution >= 4 is 42.6 Å². The Kier molecular flexibility index (Phi) is 4.05. The smallest absolute Gasteiger partial charge is 0.183 e. The van der Waals surface area contributed by atoms with Gasteiger partial charge < -0.3 is 10.1 Å². The molecule has 1 fully saturated rings. The molecular formula is C14H17BrN2OS. The fourth-order valence-electron chi connectivity index (χ4n) is 2.57. The molecule has 1 aromatic carbocycles. The van der Waals surface area contributed by atoms with Crippen molar-refractivity contribution in [3.05, 3.63) is 22.7 Å². The van der Waals surface area contributed by atoms with E-state index in [-0.39, 0.29) is 0 Å². The maximum Gasteiger partial charge on any atom is 0.183 e. The van der Waals surface area contributed by atoms with Crippen LogP contribution >= 0.6 is 27.3 Å². The molecule has 0 saturated carbocycles. The summed E-state index contributed by atoms with van der Waals surface area (Å²) in [6.45, 7) is 4.05. The van der Waals surface area contributed by atoms with Gasteiger partial charge in [0.25, 0.3) is 0 Å². The third-order valence-corrected chi connectivity index (χ3v) is 5.08. The summed E-state index contributed by atoms with van der Waals surface area (Å²) in [4.78, 5) is 4.61. The molecule has 0 spiro atoms. The molecule has 2 unspecified atom stereocenters. The second-order valence-corrected chi connectivity index (χ2v) is 6.82. The zero-order valence-corrected chi connectivity index (χ0v) is 13.3. The number of nitrogens with one attached hydrogen (secondary N) is 1. The number of rotatable bonds is 4. The molecule has 2 atom stereocenters. The lowest BCUT2D eigenvalue weighted by Gasteiger charge is -2.16. The molecule has 3 nitrogen and oxygen atoms in total. The first-order valence-electron chi connectivity index (χ1n) is 6.68. The number of hydrogen-bond donors (Lipinski definition) is 1. The van der Waals surface area contributed by atoms with E-state index in [2.05, 4.69) is 45.3 Å². The van der Waals surface area contributed by atoms with Crippen molar-refractivity contribution in [2.45, 2.75) is 25.9 Å². The minimum absolute atomic E-state index is 0.413. The SMILES string of the molecule is CCC1OCCC1CNc1nc2ccc(Br)cc2s1. The van der Waals surface area contributed by atoms with E-state index in [9.17, 15) is 0 Å². The molecule has 2 heterocycles. The highest BCUT2D eigenvalue weighted by molar-refractivity contribution is 9.10. The monoisotopic (exact) mass is 340 g/mol. The van der Waals surface area contributed by atoms with Crippen LogP contribution in [0, 0.1) is 5.92 Å². The van der Waals surface area contributed by atoms with Crippen LogP contribution in [0.15, 0.2) is 22.7 Å². The summed E-state index contributed by atoms with van der Waals surface area (Å²) >= 11 is 5.20. The number of anilines is 1. The molecular weight excluding hydrogens is 324 g/mol. The van der Waals surface area contributed by atoms with Crippen LogP contribution < -0.4 is 5.32 Å². The number of aromatic nitrogens is 1. The summed E-state index contributed by atoms with van der Waals surface area (Å²) in [5, 5.41) is 4.48. The van der Waals surface area contributed by atoms with Crippen LogP contribution in [-0.4, -0.2) is 24.2 Å². The number of hydrogen-bond acceptors (Lipinski definition) is 4. The largest absolute Gasteiger partial charge is 0.378 e. The van der Waals surface area contributed by atoms with Gasteiger partial charge in [-0.05, 0) is 31.0 Å². The molecule has 1 aliphatic rings. The third kappa shape index (κ3) is 2.93. The molecule has 0 aliphatic carbocycles. The van der Waals surface area contributed by atoms with Crippen LogP contribution in [0.3, 0.4) is 0 Å². The predicted molar refractivity (Wildman–Crippen MR) is 83.9 cm³/mol. The maximum atomic E-state index is 5.71. The molecule has 1 aromatic heterocycles. The van der Waals surface area contributed by atoms with Gasteiger partial charge in [-0.15, -0.1) is 0 Å². The Morgan fingerprint density at radius 2 is 2.42 bits per heavy atom. The zero-order valence-electron chi connectivity index (χ0n) is 10.9. The van der Waals surface area contributed by atoms with Gasteiger partial charge in [-0.25, -0.2) is 4.98 Å². The minimum Gasteiger partial charge on any atom is -0.378 e. The van der Waals surface area contributed by atoms with Gasteiger partial charge >= 0.3 is 0 Å². The van der Waals surface area contributed by atoms with E-state index in [1.165, 1.54) is 4.70 Å². The van der Waals surface area contributed by atoms with Gasteiger partial charge in [-0.1, -0.05) is 34.2 Å². The van der Waals surface area contributed by atoms with Gasteiger partial charge in [0, 0.05) is 23.5 Å². The van der Waals surface area contributed by atoms with Gasteiger partial charge in [0.05, 0.1) is 16.3 Å². The summed E-state index contributed by atoms with van der Waals surface area (Å²) < 4.78 is 8.03. The molecule has 3 rings (SSSR count). The number of halogens is 1. The molecule has 2 aromatic rings. The topological polar surface area (TPSA) is 34.1 Å². The first kappa shape index (κ1) is 13.3. The van der Waals surface area contributed by atoms with E-state index >= 15 is 0 Å². The number of ether oxygens (including phenoxy) is 1. The summed E-state index contributed by atoms with van der Waals surface area (Å²) in [5.74, 6) is 0.615. The minimum atomic E-state index is 0.413. The molecule has 0 amide bonds. The van der Waals surface area contributed by atoms with Crippen molar-refractivity contribution < 1.29 is 4.74 Å². The van der Waals surface area contributed by atoms with E-state index in [1.54, 1.807) is 11.3 Å². The second kappa shape index (κ2) is 5.77. The molecule has 102 valence electrons. The average molecular weight is 341 g/mol. The Balaban J connectivity index is 1.68. The predicted octanol–water partition coefficient (Wildman–Crippen LogP) is 4.29.